The molecule has 1 heterocycles. The van der Waals surface area contributed by atoms with Gasteiger partial charge in [-0.3, -0.25) is 4.79 Å². The fourth-order valence-corrected chi connectivity index (χ4v) is 1.46. The van der Waals surface area contributed by atoms with Crippen molar-refractivity contribution in [1.29, 1.82) is 0 Å². The lowest BCUT2D eigenvalue weighted by molar-refractivity contribution is -0.131. The summed E-state index contributed by atoms with van der Waals surface area (Å²) in [4.78, 5) is 15.7. The first-order valence-corrected chi connectivity index (χ1v) is 6.30. The monoisotopic (exact) mass is 317 g/mol. The standard InChI is InChI=1S/C14H15F4N3O/c1-4-13(2,3)21-12(22)10-7-9(15)8-20-11(10)19-6-5-14(16,17)18/h1,7-8H,5-6H2,2-3H3,(H,19,20)(H,21,22). The number of anilines is 1. The second kappa shape index (κ2) is 6.64. The van der Waals surface area contributed by atoms with E-state index in [1.54, 1.807) is 13.8 Å². The van der Waals surface area contributed by atoms with Gasteiger partial charge < -0.3 is 10.6 Å². The number of halogens is 4. The molecule has 1 aromatic rings. The van der Waals surface area contributed by atoms with Crippen LogP contribution in [-0.2, 0) is 0 Å². The minimum Gasteiger partial charge on any atom is -0.369 e. The molecule has 120 valence electrons. The van der Waals surface area contributed by atoms with Crippen LogP contribution in [-0.4, -0.2) is 29.2 Å². The van der Waals surface area contributed by atoms with Gasteiger partial charge in [0.15, 0.2) is 0 Å². The van der Waals surface area contributed by atoms with Crippen LogP contribution in [0.4, 0.5) is 23.4 Å². The zero-order valence-electron chi connectivity index (χ0n) is 12.0. The number of aromatic nitrogens is 1. The summed E-state index contributed by atoms with van der Waals surface area (Å²) in [7, 11) is 0. The number of nitrogens with zero attached hydrogens (tertiary/aromatic N) is 1. The lowest BCUT2D eigenvalue weighted by Gasteiger charge is -2.20. The van der Waals surface area contributed by atoms with Gasteiger partial charge in [-0.1, -0.05) is 5.92 Å². The molecule has 0 aliphatic rings. The highest BCUT2D eigenvalue weighted by atomic mass is 19.4. The van der Waals surface area contributed by atoms with Crippen LogP contribution in [0.15, 0.2) is 12.3 Å². The van der Waals surface area contributed by atoms with Crippen molar-refractivity contribution in [2.45, 2.75) is 32.0 Å². The van der Waals surface area contributed by atoms with Crippen LogP contribution < -0.4 is 10.6 Å². The third-order valence-corrected chi connectivity index (χ3v) is 2.59. The predicted molar refractivity (Wildman–Crippen MR) is 73.7 cm³/mol. The third kappa shape index (κ3) is 5.60. The molecule has 0 aliphatic carbocycles. The number of rotatable bonds is 5. The van der Waals surface area contributed by atoms with Gasteiger partial charge in [-0.2, -0.15) is 13.2 Å². The molecule has 0 fully saturated rings. The number of hydrogen-bond acceptors (Lipinski definition) is 3. The van der Waals surface area contributed by atoms with E-state index < -0.39 is 36.4 Å². The first-order chi connectivity index (χ1) is 10.0. The van der Waals surface area contributed by atoms with Gasteiger partial charge in [-0.25, -0.2) is 9.37 Å². The normalized spacial score (nSPS) is 11.7. The predicted octanol–water partition coefficient (Wildman–Crippen LogP) is 2.73. The molecule has 0 radical (unpaired) electrons. The molecular weight excluding hydrogens is 302 g/mol. The molecular formula is C14H15F4N3O. The molecule has 22 heavy (non-hydrogen) atoms. The summed E-state index contributed by atoms with van der Waals surface area (Å²) in [6, 6.07) is 0.880. The molecule has 0 saturated heterocycles. The third-order valence-electron chi connectivity index (χ3n) is 2.59. The molecule has 0 saturated carbocycles. The Morgan fingerprint density at radius 2 is 2.05 bits per heavy atom. The second-order valence-corrected chi connectivity index (χ2v) is 5.07. The van der Waals surface area contributed by atoms with Gasteiger partial charge in [0.05, 0.1) is 23.7 Å². The lowest BCUT2D eigenvalue weighted by Crippen LogP contribution is -2.42. The molecule has 4 nitrogen and oxygen atoms in total. The van der Waals surface area contributed by atoms with E-state index in [0.717, 1.165) is 12.3 Å². The quantitative estimate of drug-likeness (QED) is 0.648. The molecule has 0 aliphatic heterocycles. The van der Waals surface area contributed by atoms with Crippen molar-refractivity contribution in [3.05, 3.63) is 23.6 Å². The number of amides is 1. The van der Waals surface area contributed by atoms with Crippen LogP contribution in [0.25, 0.3) is 0 Å². The van der Waals surface area contributed by atoms with Crippen LogP contribution in [0, 0.1) is 18.2 Å². The average Bonchev–Trinajstić information content (AvgIpc) is 2.38. The number of carbonyl (C=O) groups is 1. The van der Waals surface area contributed by atoms with E-state index in [1.807, 2.05) is 0 Å². The minimum atomic E-state index is -4.35. The Labute approximate surface area is 125 Å². The number of nitrogens with one attached hydrogen (secondary N) is 2. The molecule has 0 unspecified atom stereocenters. The Morgan fingerprint density at radius 3 is 2.59 bits per heavy atom. The zero-order valence-corrected chi connectivity index (χ0v) is 12.0. The average molecular weight is 317 g/mol. The van der Waals surface area contributed by atoms with E-state index in [-0.39, 0.29) is 11.4 Å². The number of terminal acetylenes is 1. The van der Waals surface area contributed by atoms with Crippen LogP contribution in [0.2, 0.25) is 0 Å². The van der Waals surface area contributed by atoms with Crippen molar-refractivity contribution in [2.75, 3.05) is 11.9 Å². The number of hydrogen-bond donors (Lipinski definition) is 2. The molecule has 1 aromatic heterocycles. The summed E-state index contributed by atoms with van der Waals surface area (Å²) in [5, 5.41) is 4.82. The van der Waals surface area contributed by atoms with Gasteiger partial charge in [0.25, 0.3) is 5.91 Å². The van der Waals surface area contributed by atoms with Gasteiger partial charge in [0, 0.05) is 6.54 Å². The lowest BCUT2D eigenvalue weighted by atomic mass is 10.1. The molecule has 1 amide bonds. The Balaban J connectivity index is 2.91. The highest BCUT2D eigenvalue weighted by Crippen LogP contribution is 2.20. The molecule has 0 bridgehead atoms. The highest BCUT2D eigenvalue weighted by molar-refractivity contribution is 5.99. The molecule has 1 rings (SSSR count). The van der Waals surface area contributed by atoms with E-state index >= 15 is 0 Å². The second-order valence-electron chi connectivity index (χ2n) is 5.07. The largest absolute Gasteiger partial charge is 0.390 e. The molecule has 0 atom stereocenters. The molecule has 0 aromatic carbocycles. The van der Waals surface area contributed by atoms with Crippen molar-refractivity contribution in [3.63, 3.8) is 0 Å². The summed E-state index contributed by atoms with van der Waals surface area (Å²) in [5.74, 6) is 0.662. The van der Waals surface area contributed by atoms with E-state index in [0.29, 0.717) is 0 Å². The first kappa shape index (κ1) is 17.8. The summed E-state index contributed by atoms with van der Waals surface area (Å²) in [6.45, 7) is 2.61. The number of carbonyl (C=O) groups excluding carboxylic acids is 1. The Kier molecular flexibility index (Phi) is 5.36. The Bertz CT molecular complexity index is 591. The Morgan fingerprint density at radius 1 is 1.41 bits per heavy atom. The fourth-order valence-electron chi connectivity index (χ4n) is 1.46. The summed E-state index contributed by atoms with van der Waals surface area (Å²) in [6.07, 6.45) is 0.584. The molecule has 0 spiro atoms. The van der Waals surface area contributed by atoms with Gasteiger partial charge in [0.2, 0.25) is 0 Å². The Hall–Kier alpha value is -2.30. The number of alkyl halides is 3. The van der Waals surface area contributed by atoms with Crippen LogP contribution in [0.5, 0.6) is 0 Å². The van der Waals surface area contributed by atoms with Crippen LogP contribution in [0.3, 0.4) is 0 Å². The van der Waals surface area contributed by atoms with Gasteiger partial charge >= 0.3 is 6.18 Å². The van der Waals surface area contributed by atoms with Gasteiger partial charge in [-0.15, -0.1) is 6.42 Å². The van der Waals surface area contributed by atoms with Crippen LogP contribution >= 0.6 is 0 Å². The van der Waals surface area contributed by atoms with E-state index in [1.165, 1.54) is 0 Å². The van der Waals surface area contributed by atoms with Crippen molar-refractivity contribution < 1.29 is 22.4 Å². The van der Waals surface area contributed by atoms with Crippen molar-refractivity contribution in [3.8, 4) is 12.3 Å². The van der Waals surface area contributed by atoms with Crippen LogP contribution in [0.1, 0.15) is 30.6 Å². The minimum absolute atomic E-state index is 0.143. The maximum atomic E-state index is 13.2. The maximum Gasteiger partial charge on any atom is 0.390 e. The van der Waals surface area contributed by atoms with Gasteiger partial charge in [0.1, 0.15) is 11.6 Å². The summed E-state index contributed by atoms with van der Waals surface area (Å²) in [5.41, 5.74) is -1.21. The topological polar surface area (TPSA) is 54.0 Å². The van der Waals surface area contributed by atoms with Crippen molar-refractivity contribution in [2.24, 2.45) is 0 Å². The molecule has 8 heteroatoms. The first-order valence-electron chi connectivity index (χ1n) is 6.30. The van der Waals surface area contributed by atoms with Crippen molar-refractivity contribution >= 4 is 11.7 Å². The maximum absolute atomic E-state index is 13.2. The van der Waals surface area contributed by atoms with Crippen molar-refractivity contribution in [1.82, 2.24) is 10.3 Å². The summed E-state index contributed by atoms with van der Waals surface area (Å²) < 4.78 is 49.6. The summed E-state index contributed by atoms with van der Waals surface area (Å²) >= 11 is 0. The van der Waals surface area contributed by atoms with E-state index in [2.05, 4.69) is 21.5 Å². The smallest absolute Gasteiger partial charge is 0.369 e. The number of pyridine rings is 1. The van der Waals surface area contributed by atoms with E-state index in [4.69, 9.17) is 6.42 Å². The highest BCUT2D eigenvalue weighted by Gasteiger charge is 2.27. The molecule has 2 N–H and O–H groups in total. The zero-order chi connectivity index (χ0) is 17.0. The fraction of sp³-hybridized carbons (Fsp3) is 0.429. The SMILES string of the molecule is C#CC(C)(C)NC(=O)c1cc(F)cnc1NCCC(F)(F)F. The van der Waals surface area contributed by atoms with E-state index in [9.17, 15) is 22.4 Å². The van der Waals surface area contributed by atoms with Gasteiger partial charge in [-0.05, 0) is 19.9 Å².